The topological polar surface area (TPSA) is 84.7 Å². The summed E-state index contributed by atoms with van der Waals surface area (Å²) in [5.74, 6) is 1.79. The minimum atomic E-state index is 0.181. The lowest BCUT2D eigenvalue weighted by Gasteiger charge is -2.11. The van der Waals surface area contributed by atoms with Crippen molar-refractivity contribution in [3.63, 3.8) is 0 Å². The quantitative estimate of drug-likeness (QED) is 0.787. The molecule has 2 aromatic heterocycles. The second kappa shape index (κ2) is 7.63. The molecular weight excluding hydrogens is 316 g/mol. The van der Waals surface area contributed by atoms with Gasteiger partial charge in [-0.25, -0.2) is 4.68 Å². The molecule has 7 heteroatoms. The third-order valence-electron chi connectivity index (χ3n) is 4.98. The Morgan fingerprint density at radius 1 is 1.16 bits per heavy atom. The summed E-state index contributed by atoms with van der Waals surface area (Å²) < 4.78 is 1.81. The van der Waals surface area contributed by atoms with Crippen LogP contribution in [-0.2, 0) is 4.79 Å². The predicted molar refractivity (Wildman–Crippen MR) is 96.8 cm³/mol. The van der Waals surface area contributed by atoms with E-state index in [0.29, 0.717) is 24.7 Å². The first-order valence-electron chi connectivity index (χ1n) is 8.95. The molecule has 0 spiro atoms. The zero-order valence-electron chi connectivity index (χ0n) is 15.2. The normalized spacial score (nSPS) is 14.7. The van der Waals surface area contributed by atoms with Gasteiger partial charge in [0.2, 0.25) is 5.91 Å². The first-order valence-corrected chi connectivity index (χ1v) is 8.95. The lowest BCUT2D eigenvalue weighted by atomic mass is 10.1. The summed E-state index contributed by atoms with van der Waals surface area (Å²) in [5.41, 5.74) is 3.24. The molecule has 0 aliphatic heterocycles. The number of aryl methyl sites for hydroxylation is 1. The van der Waals surface area contributed by atoms with Crippen molar-refractivity contribution in [1.82, 2.24) is 25.3 Å². The van der Waals surface area contributed by atoms with Gasteiger partial charge in [-0.1, -0.05) is 12.8 Å². The Morgan fingerprint density at radius 2 is 1.92 bits per heavy atom. The molecule has 0 unspecified atom stereocenters. The van der Waals surface area contributed by atoms with Gasteiger partial charge in [0, 0.05) is 24.7 Å². The summed E-state index contributed by atoms with van der Waals surface area (Å²) >= 11 is 0. The van der Waals surface area contributed by atoms with Crippen molar-refractivity contribution in [2.45, 2.75) is 46.5 Å². The van der Waals surface area contributed by atoms with E-state index in [4.69, 9.17) is 0 Å². The van der Waals surface area contributed by atoms with Crippen molar-refractivity contribution in [2.75, 3.05) is 18.4 Å². The fourth-order valence-electron chi connectivity index (χ4n) is 3.18. The highest BCUT2D eigenvalue weighted by atomic mass is 16.1. The van der Waals surface area contributed by atoms with Crippen molar-refractivity contribution < 1.29 is 4.79 Å². The second-order valence-electron chi connectivity index (χ2n) is 6.68. The summed E-state index contributed by atoms with van der Waals surface area (Å²) in [6, 6.07) is 3.78. The minimum absolute atomic E-state index is 0.181. The van der Waals surface area contributed by atoms with Crippen LogP contribution in [0.2, 0.25) is 0 Å². The van der Waals surface area contributed by atoms with E-state index in [-0.39, 0.29) is 11.8 Å². The lowest BCUT2D eigenvalue weighted by molar-refractivity contribution is -0.124. The summed E-state index contributed by atoms with van der Waals surface area (Å²) in [6.45, 7) is 7.29. The van der Waals surface area contributed by atoms with Crippen LogP contribution in [-0.4, -0.2) is 39.0 Å². The molecular formula is C18H26N6O. The molecule has 0 radical (unpaired) electrons. The lowest BCUT2D eigenvalue weighted by Crippen LogP contribution is -2.33. The molecule has 25 heavy (non-hydrogen) atoms. The predicted octanol–water partition coefficient (Wildman–Crippen LogP) is 2.31. The maximum absolute atomic E-state index is 11.9. The number of carbonyl (C=O) groups is 1. The molecule has 2 heterocycles. The molecule has 2 N–H and O–H groups in total. The van der Waals surface area contributed by atoms with E-state index in [1.165, 1.54) is 18.4 Å². The van der Waals surface area contributed by atoms with Crippen LogP contribution in [0.15, 0.2) is 12.1 Å². The van der Waals surface area contributed by atoms with Gasteiger partial charge in [0.05, 0.1) is 5.69 Å². The van der Waals surface area contributed by atoms with E-state index >= 15 is 0 Å². The van der Waals surface area contributed by atoms with Gasteiger partial charge in [-0.15, -0.1) is 10.2 Å². The van der Waals surface area contributed by atoms with E-state index < -0.39 is 0 Å². The van der Waals surface area contributed by atoms with Crippen molar-refractivity contribution >= 4 is 11.7 Å². The van der Waals surface area contributed by atoms with Gasteiger partial charge in [-0.2, -0.15) is 5.10 Å². The van der Waals surface area contributed by atoms with Crippen molar-refractivity contribution in [2.24, 2.45) is 5.92 Å². The Balaban J connectivity index is 1.49. The van der Waals surface area contributed by atoms with Gasteiger partial charge in [-0.3, -0.25) is 4.79 Å². The maximum Gasteiger partial charge on any atom is 0.223 e. The van der Waals surface area contributed by atoms with Gasteiger partial charge in [0.25, 0.3) is 0 Å². The molecule has 1 amide bonds. The zero-order chi connectivity index (χ0) is 17.8. The molecule has 1 saturated carbocycles. The van der Waals surface area contributed by atoms with Crippen LogP contribution in [0.1, 0.15) is 42.6 Å². The van der Waals surface area contributed by atoms with Crippen LogP contribution < -0.4 is 10.6 Å². The molecule has 0 saturated heterocycles. The smallest absolute Gasteiger partial charge is 0.223 e. The standard InChI is InChI=1S/C18H26N6O/c1-12-13(2)23-24(14(12)3)17-9-8-16(21-22-17)19-10-11-20-18(25)15-6-4-5-7-15/h8-9,15H,4-7,10-11H2,1-3H3,(H,19,21)(H,20,25). The summed E-state index contributed by atoms with van der Waals surface area (Å²) in [5, 5.41) is 19.1. The highest BCUT2D eigenvalue weighted by Crippen LogP contribution is 2.24. The Bertz CT molecular complexity index is 731. The first kappa shape index (κ1) is 17.4. The number of aromatic nitrogens is 4. The van der Waals surface area contributed by atoms with Gasteiger partial charge in [-0.05, 0) is 51.3 Å². The van der Waals surface area contributed by atoms with Crippen LogP contribution in [0.5, 0.6) is 0 Å². The highest BCUT2D eigenvalue weighted by Gasteiger charge is 2.21. The van der Waals surface area contributed by atoms with Crippen LogP contribution in [0, 0.1) is 26.7 Å². The largest absolute Gasteiger partial charge is 0.367 e. The van der Waals surface area contributed by atoms with Gasteiger partial charge < -0.3 is 10.6 Å². The van der Waals surface area contributed by atoms with E-state index in [1.807, 2.05) is 30.7 Å². The number of nitrogens with zero attached hydrogens (tertiary/aromatic N) is 4. The fourth-order valence-corrected chi connectivity index (χ4v) is 3.18. The van der Waals surface area contributed by atoms with E-state index in [0.717, 1.165) is 24.2 Å². The molecule has 0 bridgehead atoms. The van der Waals surface area contributed by atoms with Gasteiger partial charge in [0.1, 0.15) is 5.82 Å². The van der Waals surface area contributed by atoms with Crippen molar-refractivity contribution in [1.29, 1.82) is 0 Å². The van der Waals surface area contributed by atoms with Crippen LogP contribution >= 0.6 is 0 Å². The Kier molecular flexibility index (Phi) is 5.31. The van der Waals surface area contributed by atoms with Crippen molar-refractivity contribution in [3.05, 3.63) is 29.1 Å². The highest BCUT2D eigenvalue weighted by molar-refractivity contribution is 5.78. The molecule has 3 rings (SSSR count). The SMILES string of the molecule is Cc1nn(-c2ccc(NCCNC(=O)C3CCCC3)nn2)c(C)c1C. The first-order chi connectivity index (χ1) is 12.1. The van der Waals surface area contributed by atoms with E-state index in [1.54, 1.807) is 0 Å². The average Bonchev–Trinajstić information content (AvgIpc) is 3.24. The molecule has 134 valence electrons. The molecule has 1 aliphatic carbocycles. The number of carbonyl (C=O) groups excluding carboxylic acids is 1. The monoisotopic (exact) mass is 342 g/mol. The third kappa shape index (κ3) is 3.97. The number of anilines is 1. The third-order valence-corrected chi connectivity index (χ3v) is 4.98. The average molecular weight is 342 g/mol. The molecule has 1 aliphatic rings. The molecule has 2 aromatic rings. The second-order valence-corrected chi connectivity index (χ2v) is 6.68. The number of nitrogens with one attached hydrogen (secondary N) is 2. The minimum Gasteiger partial charge on any atom is -0.367 e. The molecule has 1 fully saturated rings. The number of amides is 1. The fraction of sp³-hybridized carbons (Fsp3) is 0.556. The van der Waals surface area contributed by atoms with E-state index in [2.05, 4.69) is 32.9 Å². The van der Waals surface area contributed by atoms with Crippen LogP contribution in [0.4, 0.5) is 5.82 Å². The molecule has 0 atom stereocenters. The molecule has 7 nitrogen and oxygen atoms in total. The van der Waals surface area contributed by atoms with Crippen LogP contribution in [0.3, 0.4) is 0 Å². The Hall–Kier alpha value is -2.44. The van der Waals surface area contributed by atoms with Gasteiger partial charge >= 0.3 is 0 Å². The van der Waals surface area contributed by atoms with Gasteiger partial charge in [0.15, 0.2) is 5.82 Å². The summed E-state index contributed by atoms with van der Waals surface area (Å²) in [6.07, 6.45) is 4.40. The molecule has 0 aromatic carbocycles. The number of hydrogen-bond acceptors (Lipinski definition) is 5. The van der Waals surface area contributed by atoms with Crippen molar-refractivity contribution in [3.8, 4) is 5.82 Å². The summed E-state index contributed by atoms with van der Waals surface area (Å²) in [7, 11) is 0. The van der Waals surface area contributed by atoms with Crippen LogP contribution in [0.25, 0.3) is 5.82 Å². The summed E-state index contributed by atoms with van der Waals surface area (Å²) in [4.78, 5) is 11.9. The van der Waals surface area contributed by atoms with E-state index in [9.17, 15) is 4.79 Å². The number of rotatable bonds is 6. The Labute approximate surface area is 148 Å². The zero-order valence-corrected chi connectivity index (χ0v) is 15.2. The Morgan fingerprint density at radius 3 is 2.52 bits per heavy atom. The number of hydrogen-bond donors (Lipinski definition) is 2. The maximum atomic E-state index is 11.9.